The monoisotopic (exact) mass is 417 g/mol. The summed E-state index contributed by atoms with van der Waals surface area (Å²) in [6.45, 7) is 7.24. The van der Waals surface area contributed by atoms with Crippen molar-refractivity contribution in [1.29, 1.82) is 0 Å². The lowest BCUT2D eigenvalue weighted by atomic mass is 10.0. The van der Waals surface area contributed by atoms with Crippen LogP contribution in [0.15, 0.2) is 24.3 Å². The molecule has 1 aromatic carbocycles. The van der Waals surface area contributed by atoms with Crippen molar-refractivity contribution in [3.8, 4) is 0 Å². The molecule has 1 aromatic rings. The Hall–Kier alpha value is -0.760. The summed E-state index contributed by atoms with van der Waals surface area (Å²) < 4.78 is 32.1. The first-order valence-corrected chi connectivity index (χ1v) is 12.7. The number of benzene rings is 1. The molecule has 7 heteroatoms. The van der Waals surface area contributed by atoms with Crippen molar-refractivity contribution in [2.75, 3.05) is 34.9 Å². The molecule has 0 aliphatic rings. The standard InChI is InChI=1S/C20H35NO4S2/c1-4-7-8-9-20(22)18-10-12-19(13-11-18)21(27(23,24)16-5-2)17-26-15-14-25-6-3/h10-13,20,22H,4-9,14-17H2,1-3H3. The van der Waals surface area contributed by atoms with Crippen LogP contribution in [-0.2, 0) is 14.8 Å². The van der Waals surface area contributed by atoms with Gasteiger partial charge in [0, 0.05) is 12.4 Å². The van der Waals surface area contributed by atoms with Gasteiger partial charge in [-0.2, -0.15) is 0 Å². The Labute approximate surface area is 169 Å². The largest absolute Gasteiger partial charge is 0.388 e. The maximum Gasteiger partial charge on any atom is 0.235 e. The molecule has 0 bridgehead atoms. The first-order valence-electron chi connectivity index (χ1n) is 9.90. The summed E-state index contributed by atoms with van der Waals surface area (Å²) in [5, 5.41) is 10.3. The zero-order valence-electron chi connectivity index (χ0n) is 16.9. The highest BCUT2D eigenvalue weighted by atomic mass is 32.2. The highest BCUT2D eigenvalue weighted by Gasteiger charge is 2.22. The molecular weight excluding hydrogens is 382 g/mol. The molecule has 0 fully saturated rings. The first kappa shape index (κ1) is 24.3. The van der Waals surface area contributed by atoms with Crippen LogP contribution >= 0.6 is 11.8 Å². The fourth-order valence-corrected chi connectivity index (χ4v) is 5.44. The summed E-state index contributed by atoms with van der Waals surface area (Å²) in [5.41, 5.74) is 1.49. The third-order valence-corrected chi connectivity index (χ3v) is 7.22. The van der Waals surface area contributed by atoms with Gasteiger partial charge >= 0.3 is 0 Å². The van der Waals surface area contributed by atoms with Crippen LogP contribution in [0.2, 0.25) is 0 Å². The molecule has 1 N–H and O–H groups in total. The lowest BCUT2D eigenvalue weighted by molar-refractivity contribution is 0.163. The number of thioether (sulfide) groups is 1. The molecule has 27 heavy (non-hydrogen) atoms. The summed E-state index contributed by atoms with van der Waals surface area (Å²) in [5.74, 6) is 1.24. The number of ether oxygens (including phenoxy) is 1. The number of aliphatic hydroxyl groups is 1. The fourth-order valence-electron chi connectivity index (χ4n) is 2.71. The van der Waals surface area contributed by atoms with Crippen molar-refractivity contribution in [3.05, 3.63) is 29.8 Å². The van der Waals surface area contributed by atoms with Gasteiger partial charge in [-0.05, 0) is 37.5 Å². The van der Waals surface area contributed by atoms with Crippen LogP contribution in [0.5, 0.6) is 0 Å². The number of rotatable bonds is 15. The van der Waals surface area contributed by atoms with E-state index in [-0.39, 0.29) is 5.75 Å². The summed E-state index contributed by atoms with van der Waals surface area (Å²) in [4.78, 5) is 0. The van der Waals surface area contributed by atoms with E-state index in [1.54, 1.807) is 23.9 Å². The maximum absolute atomic E-state index is 12.7. The van der Waals surface area contributed by atoms with E-state index < -0.39 is 16.1 Å². The molecule has 0 amide bonds. The molecule has 0 saturated carbocycles. The summed E-state index contributed by atoms with van der Waals surface area (Å²) >= 11 is 1.55. The number of aliphatic hydroxyl groups excluding tert-OH is 1. The van der Waals surface area contributed by atoms with E-state index in [0.29, 0.717) is 31.2 Å². The molecule has 1 rings (SSSR count). The topological polar surface area (TPSA) is 66.8 Å². The number of anilines is 1. The van der Waals surface area contributed by atoms with Gasteiger partial charge in [-0.15, -0.1) is 11.8 Å². The second-order valence-electron chi connectivity index (χ2n) is 6.50. The van der Waals surface area contributed by atoms with Crippen LogP contribution in [0.25, 0.3) is 0 Å². The Kier molecular flexibility index (Phi) is 12.1. The van der Waals surface area contributed by atoms with Crippen molar-refractivity contribution in [2.45, 2.75) is 59.0 Å². The minimum absolute atomic E-state index is 0.125. The number of hydrogen-bond donors (Lipinski definition) is 1. The normalized spacial score (nSPS) is 12.9. The van der Waals surface area contributed by atoms with Crippen LogP contribution in [0.4, 0.5) is 5.69 Å². The van der Waals surface area contributed by atoms with E-state index in [1.165, 1.54) is 4.31 Å². The van der Waals surface area contributed by atoms with Crippen molar-refractivity contribution in [2.24, 2.45) is 0 Å². The minimum atomic E-state index is -3.36. The van der Waals surface area contributed by atoms with Gasteiger partial charge in [-0.25, -0.2) is 8.42 Å². The number of unbranched alkanes of at least 4 members (excludes halogenated alkanes) is 2. The van der Waals surface area contributed by atoms with Crippen molar-refractivity contribution < 1.29 is 18.3 Å². The smallest absolute Gasteiger partial charge is 0.235 e. The molecule has 0 radical (unpaired) electrons. The Morgan fingerprint density at radius 3 is 2.41 bits per heavy atom. The lowest BCUT2D eigenvalue weighted by Crippen LogP contribution is -2.33. The predicted octanol–water partition coefficient (Wildman–Crippen LogP) is 4.57. The molecule has 5 nitrogen and oxygen atoms in total. The number of sulfonamides is 1. The minimum Gasteiger partial charge on any atom is -0.388 e. The van der Waals surface area contributed by atoms with Gasteiger partial charge in [-0.3, -0.25) is 4.31 Å². The van der Waals surface area contributed by atoms with E-state index in [0.717, 1.165) is 37.0 Å². The van der Waals surface area contributed by atoms with Gasteiger partial charge in [0.15, 0.2) is 0 Å². The number of nitrogens with zero attached hydrogens (tertiary/aromatic N) is 1. The van der Waals surface area contributed by atoms with Crippen molar-refractivity contribution in [3.63, 3.8) is 0 Å². The Morgan fingerprint density at radius 2 is 1.81 bits per heavy atom. The third kappa shape index (κ3) is 8.85. The first-order chi connectivity index (χ1) is 13.0. The maximum atomic E-state index is 12.7. The van der Waals surface area contributed by atoms with E-state index in [9.17, 15) is 13.5 Å². The van der Waals surface area contributed by atoms with Gasteiger partial charge in [0.2, 0.25) is 10.0 Å². The summed E-state index contributed by atoms with van der Waals surface area (Å²) in [6, 6.07) is 7.28. The van der Waals surface area contributed by atoms with Crippen LogP contribution in [0.1, 0.15) is 64.5 Å². The molecular formula is C20H35NO4S2. The zero-order valence-corrected chi connectivity index (χ0v) is 18.5. The Bertz CT molecular complexity index is 605. The molecule has 1 unspecified atom stereocenters. The zero-order chi connectivity index (χ0) is 20.1. The second kappa shape index (κ2) is 13.4. The van der Waals surface area contributed by atoms with Crippen LogP contribution in [0, 0.1) is 0 Å². The number of hydrogen-bond acceptors (Lipinski definition) is 5. The van der Waals surface area contributed by atoms with E-state index in [1.807, 2.05) is 26.0 Å². The van der Waals surface area contributed by atoms with E-state index in [2.05, 4.69) is 6.92 Å². The molecule has 0 aromatic heterocycles. The van der Waals surface area contributed by atoms with Crippen LogP contribution in [0.3, 0.4) is 0 Å². The molecule has 0 spiro atoms. The van der Waals surface area contributed by atoms with E-state index >= 15 is 0 Å². The quantitative estimate of drug-likeness (QED) is 0.334. The summed E-state index contributed by atoms with van der Waals surface area (Å²) in [6.07, 6.45) is 4.04. The highest BCUT2D eigenvalue weighted by Crippen LogP contribution is 2.26. The summed E-state index contributed by atoms with van der Waals surface area (Å²) in [7, 11) is -3.36. The van der Waals surface area contributed by atoms with Gasteiger partial charge in [0.25, 0.3) is 0 Å². The average molecular weight is 418 g/mol. The second-order valence-corrected chi connectivity index (χ2v) is 9.59. The van der Waals surface area contributed by atoms with Crippen LogP contribution in [-0.4, -0.2) is 44.1 Å². The lowest BCUT2D eigenvalue weighted by Gasteiger charge is -2.24. The SMILES string of the molecule is CCCCCC(O)c1ccc(N(CSCCOCC)S(=O)(=O)CCC)cc1. The molecule has 0 aliphatic heterocycles. The average Bonchev–Trinajstić information content (AvgIpc) is 2.64. The van der Waals surface area contributed by atoms with Crippen LogP contribution < -0.4 is 4.31 Å². The van der Waals surface area contributed by atoms with Crippen molar-refractivity contribution >= 4 is 27.5 Å². The highest BCUT2D eigenvalue weighted by molar-refractivity contribution is 8.01. The Balaban J connectivity index is 2.82. The third-order valence-electron chi connectivity index (χ3n) is 4.23. The molecule has 0 saturated heterocycles. The van der Waals surface area contributed by atoms with Gasteiger partial charge in [0.1, 0.15) is 0 Å². The molecule has 0 heterocycles. The van der Waals surface area contributed by atoms with Gasteiger partial charge in [-0.1, -0.05) is 45.2 Å². The predicted molar refractivity (Wildman–Crippen MR) is 116 cm³/mol. The van der Waals surface area contributed by atoms with Gasteiger partial charge < -0.3 is 9.84 Å². The molecule has 156 valence electrons. The van der Waals surface area contributed by atoms with E-state index in [4.69, 9.17) is 4.74 Å². The molecule has 0 aliphatic carbocycles. The van der Waals surface area contributed by atoms with Crippen molar-refractivity contribution in [1.82, 2.24) is 0 Å². The molecule has 1 atom stereocenters. The fraction of sp³-hybridized carbons (Fsp3) is 0.700. The van der Waals surface area contributed by atoms with Gasteiger partial charge in [0.05, 0.1) is 30.0 Å². The Morgan fingerprint density at radius 1 is 1.11 bits per heavy atom.